The number of aryl methyl sites for hydroxylation is 3. The first kappa shape index (κ1) is 22.1. The Morgan fingerprint density at radius 1 is 1.06 bits per heavy atom. The molecule has 0 amide bonds. The number of halogens is 1. The van der Waals surface area contributed by atoms with Gasteiger partial charge in [-0.2, -0.15) is 0 Å². The predicted molar refractivity (Wildman–Crippen MR) is 132 cm³/mol. The van der Waals surface area contributed by atoms with Crippen LogP contribution in [-0.2, 0) is 17.8 Å². The highest BCUT2D eigenvalue weighted by molar-refractivity contribution is 6.10. The van der Waals surface area contributed by atoms with Crippen molar-refractivity contribution in [3.8, 4) is 11.4 Å². The van der Waals surface area contributed by atoms with Crippen LogP contribution < -0.4 is 0 Å². The third kappa shape index (κ3) is 3.27. The van der Waals surface area contributed by atoms with Crippen LogP contribution in [0.1, 0.15) is 28.4 Å². The molecule has 0 spiro atoms. The number of hydrogen-bond acceptors (Lipinski definition) is 3. The lowest BCUT2D eigenvalue weighted by molar-refractivity contribution is 0.0696. The number of hydrogen-bond donors (Lipinski definition) is 1. The largest absolute Gasteiger partial charge is 0.478 e. The Morgan fingerprint density at radius 3 is 2.53 bits per heavy atom. The maximum absolute atomic E-state index is 14.4. The number of ether oxygens (including phenoxy) is 1. The number of benzene rings is 3. The standard InChI is InChI=1S/C27H26FN3O3/c1-5-30-22-8-6-17(13-20(22)21-14-18(28)12-15(2)25(21)30)26-29-24-16(3)19(27(32)33)7-9-23(24)31(26)10-11-34-4/h6-9,12-14H,5,10-11H2,1-4H3,(H,32,33). The molecule has 0 atom stereocenters. The normalized spacial score (nSPS) is 11.8. The van der Waals surface area contributed by atoms with E-state index in [1.165, 1.54) is 0 Å². The van der Waals surface area contributed by atoms with Gasteiger partial charge in [0, 0.05) is 42.1 Å². The number of carboxylic acids is 1. The molecule has 0 fully saturated rings. The second-order valence-corrected chi connectivity index (χ2v) is 8.59. The van der Waals surface area contributed by atoms with Gasteiger partial charge in [0.25, 0.3) is 0 Å². The van der Waals surface area contributed by atoms with Crippen molar-refractivity contribution in [2.75, 3.05) is 13.7 Å². The molecular weight excluding hydrogens is 433 g/mol. The first-order valence-electron chi connectivity index (χ1n) is 11.3. The lowest BCUT2D eigenvalue weighted by Gasteiger charge is -2.10. The summed E-state index contributed by atoms with van der Waals surface area (Å²) in [6.45, 7) is 7.63. The molecule has 0 aliphatic carbocycles. The molecule has 1 N–H and O–H groups in total. The van der Waals surface area contributed by atoms with Gasteiger partial charge < -0.3 is 19.0 Å². The number of rotatable bonds is 6. The van der Waals surface area contributed by atoms with Crippen LogP contribution in [0, 0.1) is 19.7 Å². The molecule has 0 saturated carbocycles. The minimum Gasteiger partial charge on any atom is -0.478 e. The molecule has 0 aliphatic heterocycles. The zero-order valence-corrected chi connectivity index (χ0v) is 19.6. The number of imidazole rings is 1. The fourth-order valence-corrected chi connectivity index (χ4v) is 5.06. The summed E-state index contributed by atoms with van der Waals surface area (Å²) in [6, 6.07) is 12.7. The molecule has 174 valence electrons. The van der Waals surface area contributed by atoms with Gasteiger partial charge in [-0.25, -0.2) is 14.2 Å². The fraction of sp³-hybridized carbons (Fsp3) is 0.259. The third-order valence-corrected chi connectivity index (χ3v) is 6.61. The van der Waals surface area contributed by atoms with Crippen molar-refractivity contribution in [1.29, 1.82) is 0 Å². The van der Waals surface area contributed by atoms with Crippen LogP contribution in [-0.4, -0.2) is 38.9 Å². The smallest absolute Gasteiger partial charge is 0.336 e. The topological polar surface area (TPSA) is 69.3 Å². The van der Waals surface area contributed by atoms with Crippen LogP contribution in [0.2, 0.25) is 0 Å². The number of methoxy groups -OCH3 is 1. The highest BCUT2D eigenvalue weighted by Crippen LogP contribution is 2.36. The van der Waals surface area contributed by atoms with Gasteiger partial charge in [0.2, 0.25) is 0 Å². The van der Waals surface area contributed by atoms with Crippen LogP contribution >= 0.6 is 0 Å². The Hall–Kier alpha value is -3.71. The molecule has 2 aromatic heterocycles. The summed E-state index contributed by atoms with van der Waals surface area (Å²) in [6.07, 6.45) is 0. The average molecular weight is 460 g/mol. The zero-order chi connectivity index (χ0) is 24.1. The molecular formula is C27H26FN3O3. The van der Waals surface area contributed by atoms with E-state index in [0.717, 1.165) is 50.8 Å². The van der Waals surface area contributed by atoms with E-state index >= 15 is 0 Å². The van der Waals surface area contributed by atoms with E-state index in [2.05, 4.69) is 28.2 Å². The average Bonchev–Trinajstić information content (AvgIpc) is 3.33. The number of carbonyl (C=O) groups is 1. The van der Waals surface area contributed by atoms with Crippen LogP contribution in [0.3, 0.4) is 0 Å². The van der Waals surface area contributed by atoms with Crippen LogP contribution in [0.25, 0.3) is 44.2 Å². The Labute approximate surface area is 196 Å². The minimum absolute atomic E-state index is 0.239. The molecule has 3 aromatic carbocycles. The Morgan fingerprint density at radius 2 is 1.82 bits per heavy atom. The first-order valence-corrected chi connectivity index (χ1v) is 11.3. The van der Waals surface area contributed by atoms with Crippen LogP contribution in [0.15, 0.2) is 42.5 Å². The summed E-state index contributed by atoms with van der Waals surface area (Å²) in [4.78, 5) is 16.6. The number of carboxylic acid groups (broad SMARTS) is 1. The maximum atomic E-state index is 14.4. The van der Waals surface area contributed by atoms with Gasteiger partial charge in [-0.3, -0.25) is 0 Å². The van der Waals surface area contributed by atoms with Gasteiger partial charge in [0.05, 0.1) is 28.7 Å². The Kier molecular flexibility index (Phi) is 5.37. The van der Waals surface area contributed by atoms with E-state index in [1.807, 2.05) is 13.0 Å². The quantitative estimate of drug-likeness (QED) is 0.342. The summed E-state index contributed by atoms with van der Waals surface area (Å²) in [5, 5.41) is 11.4. The van der Waals surface area contributed by atoms with Crippen molar-refractivity contribution in [3.63, 3.8) is 0 Å². The molecule has 0 aliphatic rings. The molecule has 5 rings (SSSR count). The van der Waals surface area contributed by atoms with Crippen LogP contribution in [0.4, 0.5) is 4.39 Å². The summed E-state index contributed by atoms with van der Waals surface area (Å²) >= 11 is 0. The van der Waals surface area contributed by atoms with E-state index in [0.29, 0.717) is 24.2 Å². The second-order valence-electron chi connectivity index (χ2n) is 8.59. The molecule has 7 heteroatoms. The van der Waals surface area contributed by atoms with E-state index in [1.54, 1.807) is 38.3 Å². The number of nitrogens with zero attached hydrogens (tertiary/aromatic N) is 3. The number of fused-ring (bicyclic) bond motifs is 4. The van der Waals surface area contributed by atoms with Crippen molar-refractivity contribution in [1.82, 2.24) is 14.1 Å². The molecule has 6 nitrogen and oxygen atoms in total. The lowest BCUT2D eigenvalue weighted by Crippen LogP contribution is -2.06. The van der Waals surface area contributed by atoms with Gasteiger partial charge in [-0.1, -0.05) is 0 Å². The van der Waals surface area contributed by atoms with E-state index in [4.69, 9.17) is 9.72 Å². The zero-order valence-electron chi connectivity index (χ0n) is 19.6. The molecule has 2 heterocycles. The number of aromatic carboxylic acids is 1. The predicted octanol–water partition coefficient (Wildman–Crippen LogP) is 5.93. The van der Waals surface area contributed by atoms with E-state index < -0.39 is 5.97 Å². The monoisotopic (exact) mass is 459 g/mol. The Bertz CT molecular complexity index is 1600. The summed E-state index contributed by atoms with van der Waals surface area (Å²) in [5.74, 6) is -0.501. The van der Waals surface area contributed by atoms with E-state index in [9.17, 15) is 14.3 Å². The highest BCUT2D eigenvalue weighted by Gasteiger charge is 2.20. The van der Waals surface area contributed by atoms with Gasteiger partial charge in [-0.05, 0) is 74.4 Å². The second kappa shape index (κ2) is 8.25. The summed E-state index contributed by atoms with van der Waals surface area (Å²) < 4.78 is 24.0. The molecule has 0 unspecified atom stereocenters. The van der Waals surface area contributed by atoms with Gasteiger partial charge in [-0.15, -0.1) is 0 Å². The fourth-order valence-electron chi connectivity index (χ4n) is 5.06. The number of aromatic nitrogens is 3. The molecule has 34 heavy (non-hydrogen) atoms. The Balaban J connectivity index is 1.81. The lowest BCUT2D eigenvalue weighted by atomic mass is 10.1. The maximum Gasteiger partial charge on any atom is 0.336 e. The first-order chi connectivity index (χ1) is 16.3. The van der Waals surface area contributed by atoms with Crippen molar-refractivity contribution < 1.29 is 19.0 Å². The van der Waals surface area contributed by atoms with Crippen molar-refractivity contribution in [3.05, 3.63) is 65.0 Å². The molecule has 5 aromatic rings. The minimum atomic E-state index is -0.974. The molecule has 0 radical (unpaired) electrons. The van der Waals surface area contributed by atoms with Crippen molar-refractivity contribution in [2.45, 2.75) is 33.9 Å². The SMILES string of the molecule is CCn1c2ccc(-c3nc4c(C)c(C(=O)O)ccc4n3CCOC)cc2c2cc(F)cc(C)c21. The third-order valence-electron chi connectivity index (χ3n) is 6.61. The van der Waals surface area contributed by atoms with Crippen LogP contribution in [0.5, 0.6) is 0 Å². The van der Waals surface area contributed by atoms with Crippen molar-refractivity contribution >= 4 is 38.8 Å². The molecule has 0 bridgehead atoms. The summed E-state index contributed by atoms with van der Waals surface area (Å²) in [7, 11) is 1.65. The van der Waals surface area contributed by atoms with E-state index in [-0.39, 0.29) is 11.4 Å². The van der Waals surface area contributed by atoms with Gasteiger partial charge in [0.1, 0.15) is 11.6 Å². The molecule has 0 saturated heterocycles. The van der Waals surface area contributed by atoms with Gasteiger partial charge in [0.15, 0.2) is 0 Å². The van der Waals surface area contributed by atoms with Gasteiger partial charge >= 0.3 is 5.97 Å². The highest BCUT2D eigenvalue weighted by atomic mass is 19.1. The van der Waals surface area contributed by atoms with Crippen molar-refractivity contribution in [2.24, 2.45) is 0 Å². The summed E-state index contributed by atoms with van der Waals surface area (Å²) in [5.41, 5.74) is 6.24.